The third kappa shape index (κ3) is 3.30. The first kappa shape index (κ1) is 12.2. The number of nitrogens with two attached hydrogens (primary N) is 1. The van der Waals surface area contributed by atoms with Gasteiger partial charge < -0.3 is 16.2 Å². The van der Waals surface area contributed by atoms with Crippen molar-refractivity contribution < 1.29 is 9.90 Å². The Bertz CT molecular complexity index is 368. The number of anilines is 1. The van der Waals surface area contributed by atoms with Crippen LogP contribution in [-0.4, -0.2) is 23.7 Å². The fourth-order valence-corrected chi connectivity index (χ4v) is 1.30. The molecule has 4 N–H and O–H groups in total. The molecular weight excluding hydrogens is 260 g/mol. The molecule has 4 nitrogen and oxygen atoms in total. The van der Waals surface area contributed by atoms with Crippen molar-refractivity contribution in [1.29, 1.82) is 0 Å². The van der Waals surface area contributed by atoms with Crippen molar-refractivity contribution in [1.82, 2.24) is 0 Å². The molecule has 0 saturated carbocycles. The second kappa shape index (κ2) is 5.25. The van der Waals surface area contributed by atoms with Crippen LogP contribution in [0.3, 0.4) is 0 Å². The van der Waals surface area contributed by atoms with Crippen LogP contribution in [0.1, 0.15) is 5.56 Å². The average Bonchev–Trinajstić information content (AvgIpc) is 2.22. The van der Waals surface area contributed by atoms with Crippen molar-refractivity contribution in [2.45, 2.75) is 13.0 Å². The van der Waals surface area contributed by atoms with Gasteiger partial charge in [-0.05, 0) is 30.7 Å². The molecule has 1 amide bonds. The van der Waals surface area contributed by atoms with E-state index < -0.39 is 12.0 Å². The number of aliphatic hydroxyl groups excluding tert-OH is 1. The Labute approximate surface area is 96.6 Å². The Morgan fingerprint density at radius 1 is 1.67 bits per heavy atom. The lowest BCUT2D eigenvalue weighted by Gasteiger charge is -2.10. The van der Waals surface area contributed by atoms with E-state index in [1.165, 1.54) is 0 Å². The largest absolute Gasteiger partial charge is 0.382 e. The first-order valence-electron chi connectivity index (χ1n) is 4.49. The van der Waals surface area contributed by atoms with E-state index >= 15 is 0 Å². The molecule has 0 aliphatic rings. The first-order valence-corrected chi connectivity index (χ1v) is 5.29. The third-order valence-corrected chi connectivity index (χ3v) is 2.84. The van der Waals surface area contributed by atoms with E-state index in [4.69, 9.17) is 10.8 Å². The Balaban J connectivity index is 2.73. The summed E-state index contributed by atoms with van der Waals surface area (Å²) in [6.07, 6.45) is -1.16. The molecule has 0 heterocycles. The number of hydrogen-bond donors (Lipinski definition) is 3. The number of aliphatic hydroxyl groups is 1. The van der Waals surface area contributed by atoms with Crippen LogP contribution in [0, 0.1) is 6.92 Å². The average molecular weight is 273 g/mol. The van der Waals surface area contributed by atoms with E-state index in [-0.39, 0.29) is 6.54 Å². The van der Waals surface area contributed by atoms with Crippen molar-refractivity contribution in [3.63, 3.8) is 0 Å². The second-order valence-electron chi connectivity index (χ2n) is 3.20. The highest BCUT2D eigenvalue weighted by Crippen LogP contribution is 2.19. The van der Waals surface area contributed by atoms with Gasteiger partial charge in [-0.3, -0.25) is 4.79 Å². The van der Waals surface area contributed by atoms with E-state index in [0.29, 0.717) is 5.69 Å². The van der Waals surface area contributed by atoms with Gasteiger partial charge in [0.25, 0.3) is 5.91 Å². The number of nitrogens with one attached hydrogen (secondary N) is 1. The van der Waals surface area contributed by atoms with Gasteiger partial charge in [0, 0.05) is 16.7 Å². The van der Waals surface area contributed by atoms with Crippen molar-refractivity contribution in [3.8, 4) is 0 Å². The lowest BCUT2D eigenvalue weighted by molar-refractivity contribution is -0.123. The van der Waals surface area contributed by atoms with Crippen LogP contribution in [0.5, 0.6) is 0 Å². The first-order chi connectivity index (χ1) is 7.04. The molecule has 1 unspecified atom stereocenters. The van der Waals surface area contributed by atoms with Crippen LogP contribution >= 0.6 is 15.9 Å². The molecule has 1 aromatic carbocycles. The standard InChI is InChI=1S/C10H13BrN2O2/c1-6-4-7(2-3-8(6)11)13-10(15)9(14)5-12/h2-4,9,14H,5,12H2,1H3,(H,13,15). The van der Waals surface area contributed by atoms with Crippen LogP contribution < -0.4 is 11.1 Å². The molecule has 0 spiro atoms. The van der Waals surface area contributed by atoms with E-state index in [2.05, 4.69) is 21.2 Å². The highest BCUT2D eigenvalue weighted by Gasteiger charge is 2.12. The fourth-order valence-electron chi connectivity index (χ4n) is 1.06. The predicted molar refractivity (Wildman–Crippen MR) is 62.6 cm³/mol. The molecule has 0 radical (unpaired) electrons. The van der Waals surface area contributed by atoms with E-state index in [1.54, 1.807) is 6.07 Å². The molecule has 0 bridgehead atoms. The highest BCUT2D eigenvalue weighted by atomic mass is 79.9. The second-order valence-corrected chi connectivity index (χ2v) is 4.06. The minimum absolute atomic E-state index is 0.0820. The van der Waals surface area contributed by atoms with Crippen LogP contribution in [0.15, 0.2) is 22.7 Å². The van der Waals surface area contributed by atoms with Gasteiger partial charge >= 0.3 is 0 Å². The van der Waals surface area contributed by atoms with Gasteiger partial charge in [-0.15, -0.1) is 0 Å². The zero-order valence-corrected chi connectivity index (χ0v) is 9.91. The zero-order chi connectivity index (χ0) is 11.4. The number of halogens is 1. The molecule has 5 heteroatoms. The Morgan fingerprint density at radius 3 is 2.87 bits per heavy atom. The number of carbonyl (C=O) groups excluding carboxylic acids is 1. The van der Waals surface area contributed by atoms with E-state index in [9.17, 15) is 4.79 Å². The van der Waals surface area contributed by atoms with Crippen molar-refractivity contribution in [2.24, 2.45) is 5.73 Å². The number of rotatable bonds is 3. The molecule has 1 rings (SSSR count). The molecule has 0 aliphatic heterocycles. The summed E-state index contributed by atoms with van der Waals surface area (Å²) < 4.78 is 0.972. The maximum absolute atomic E-state index is 11.3. The van der Waals surface area contributed by atoms with Gasteiger partial charge in [0.1, 0.15) is 6.10 Å². The summed E-state index contributed by atoms with van der Waals surface area (Å²) in [5, 5.41) is 11.7. The number of carbonyl (C=O) groups is 1. The molecular formula is C10H13BrN2O2. The van der Waals surface area contributed by atoms with E-state index in [1.807, 2.05) is 19.1 Å². The van der Waals surface area contributed by atoms with E-state index in [0.717, 1.165) is 10.0 Å². The monoisotopic (exact) mass is 272 g/mol. The summed E-state index contributed by atoms with van der Waals surface area (Å²) in [6.45, 7) is 1.83. The Hall–Kier alpha value is -0.910. The maximum Gasteiger partial charge on any atom is 0.254 e. The summed E-state index contributed by atoms with van der Waals surface area (Å²) in [6, 6.07) is 5.39. The lowest BCUT2D eigenvalue weighted by Crippen LogP contribution is -2.34. The van der Waals surface area contributed by atoms with Crippen LogP contribution in [-0.2, 0) is 4.79 Å². The Morgan fingerprint density at radius 2 is 2.33 bits per heavy atom. The Kier molecular flexibility index (Phi) is 4.26. The number of benzene rings is 1. The molecule has 0 saturated heterocycles. The van der Waals surface area contributed by atoms with Crippen LogP contribution in [0.2, 0.25) is 0 Å². The van der Waals surface area contributed by atoms with Gasteiger partial charge in [0.05, 0.1) is 0 Å². The smallest absolute Gasteiger partial charge is 0.254 e. The van der Waals surface area contributed by atoms with Crippen LogP contribution in [0.25, 0.3) is 0 Å². The SMILES string of the molecule is Cc1cc(NC(=O)C(O)CN)ccc1Br. The van der Waals surface area contributed by atoms with Crippen LogP contribution in [0.4, 0.5) is 5.69 Å². The summed E-state index contributed by atoms with van der Waals surface area (Å²) in [5.74, 6) is -0.487. The lowest BCUT2D eigenvalue weighted by atomic mass is 10.2. The highest BCUT2D eigenvalue weighted by molar-refractivity contribution is 9.10. The molecule has 15 heavy (non-hydrogen) atoms. The minimum Gasteiger partial charge on any atom is -0.382 e. The van der Waals surface area contributed by atoms with Gasteiger partial charge in [0.15, 0.2) is 0 Å². The summed E-state index contributed by atoms with van der Waals surface area (Å²) in [7, 11) is 0. The summed E-state index contributed by atoms with van der Waals surface area (Å²) in [4.78, 5) is 11.3. The molecule has 0 aliphatic carbocycles. The molecule has 82 valence electrons. The zero-order valence-electron chi connectivity index (χ0n) is 8.33. The fraction of sp³-hybridized carbons (Fsp3) is 0.300. The minimum atomic E-state index is -1.16. The van der Waals surface area contributed by atoms with Crippen molar-refractivity contribution >= 4 is 27.5 Å². The number of amides is 1. The quantitative estimate of drug-likeness (QED) is 0.769. The summed E-state index contributed by atoms with van der Waals surface area (Å²) >= 11 is 3.36. The third-order valence-electron chi connectivity index (χ3n) is 1.95. The van der Waals surface area contributed by atoms with Gasteiger partial charge in [0.2, 0.25) is 0 Å². The normalized spacial score (nSPS) is 12.3. The summed E-state index contributed by atoms with van der Waals surface area (Å²) in [5.41, 5.74) is 6.82. The van der Waals surface area contributed by atoms with Gasteiger partial charge in [-0.1, -0.05) is 15.9 Å². The maximum atomic E-state index is 11.3. The molecule has 1 aromatic rings. The predicted octanol–water partition coefficient (Wildman–Crippen LogP) is 1.02. The number of aryl methyl sites for hydroxylation is 1. The number of hydrogen-bond acceptors (Lipinski definition) is 3. The van der Waals surface area contributed by atoms with Crippen molar-refractivity contribution in [3.05, 3.63) is 28.2 Å². The molecule has 0 fully saturated rings. The van der Waals surface area contributed by atoms with Gasteiger partial charge in [-0.2, -0.15) is 0 Å². The van der Waals surface area contributed by atoms with Crippen molar-refractivity contribution in [2.75, 3.05) is 11.9 Å². The topological polar surface area (TPSA) is 75.3 Å². The molecule has 0 aromatic heterocycles. The molecule has 1 atom stereocenters. The van der Waals surface area contributed by atoms with Gasteiger partial charge in [-0.25, -0.2) is 0 Å².